The van der Waals surface area contributed by atoms with E-state index in [1.165, 1.54) is 12.3 Å². The Hall–Kier alpha value is -3.34. The number of carbonyl (C=O) groups excluding carboxylic acids is 2. The number of furan rings is 1. The molecule has 0 radical (unpaired) electrons. The zero-order chi connectivity index (χ0) is 18.4. The second-order valence-corrected chi connectivity index (χ2v) is 5.83. The van der Waals surface area contributed by atoms with Gasteiger partial charge in [0, 0.05) is 5.69 Å². The van der Waals surface area contributed by atoms with Gasteiger partial charge in [-0.2, -0.15) is 0 Å². The Morgan fingerprint density at radius 3 is 2.46 bits per heavy atom. The van der Waals surface area contributed by atoms with Crippen LogP contribution in [0.3, 0.4) is 0 Å². The van der Waals surface area contributed by atoms with E-state index in [9.17, 15) is 9.59 Å². The van der Waals surface area contributed by atoms with E-state index in [0.29, 0.717) is 23.4 Å². The van der Waals surface area contributed by atoms with Crippen LogP contribution in [0.15, 0.2) is 71.3 Å². The Kier molecular flexibility index (Phi) is 5.49. The molecule has 2 aromatic carbocycles. The molecule has 0 saturated carbocycles. The molecule has 5 heteroatoms. The van der Waals surface area contributed by atoms with Gasteiger partial charge in [0.05, 0.1) is 6.26 Å². The standard InChI is InChI=1S/C21H19NO4/c1-15-18(11-12-25-15)21(24)26-14-20(23)22-19-10-6-5-9-17(19)13-16-7-3-2-4-8-16/h2-12H,13-14H2,1H3,(H,22,23). The Morgan fingerprint density at radius 1 is 1.00 bits per heavy atom. The van der Waals surface area contributed by atoms with E-state index in [0.717, 1.165) is 11.1 Å². The molecule has 0 saturated heterocycles. The van der Waals surface area contributed by atoms with E-state index in [4.69, 9.17) is 9.15 Å². The molecule has 1 heterocycles. The summed E-state index contributed by atoms with van der Waals surface area (Å²) >= 11 is 0. The third-order valence-electron chi connectivity index (χ3n) is 3.94. The third-order valence-corrected chi connectivity index (χ3v) is 3.94. The Balaban J connectivity index is 1.61. The van der Waals surface area contributed by atoms with E-state index in [2.05, 4.69) is 5.32 Å². The smallest absolute Gasteiger partial charge is 0.342 e. The van der Waals surface area contributed by atoms with Crippen LogP contribution >= 0.6 is 0 Å². The SMILES string of the molecule is Cc1occc1C(=O)OCC(=O)Nc1ccccc1Cc1ccccc1. The number of benzene rings is 2. The first kappa shape index (κ1) is 17.5. The van der Waals surface area contributed by atoms with Crippen molar-refractivity contribution in [2.24, 2.45) is 0 Å². The summed E-state index contributed by atoms with van der Waals surface area (Å²) in [6, 6.07) is 19.1. The van der Waals surface area contributed by atoms with Crippen molar-refractivity contribution in [3.05, 3.63) is 89.4 Å². The number of nitrogens with one attached hydrogen (secondary N) is 1. The average Bonchev–Trinajstić information content (AvgIpc) is 3.08. The Labute approximate surface area is 151 Å². The van der Waals surface area contributed by atoms with Crippen molar-refractivity contribution in [2.45, 2.75) is 13.3 Å². The van der Waals surface area contributed by atoms with Gasteiger partial charge in [-0.05, 0) is 36.6 Å². The number of hydrogen-bond acceptors (Lipinski definition) is 4. The minimum Gasteiger partial charge on any atom is -0.469 e. The lowest BCUT2D eigenvalue weighted by molar-refractivity contribution is -0.119. The highest BCUT2D eigenvalue weighted by Crippen LogP contribution is 2.19. The molecule has 132 valence electrons. The number of amides is 1. The molecule has 0 aliphatic rings. The van der Waals surface area contributed by atoms with Crippen LogP contribution in [-0.2, 0) is 16.0 Å². The van der Waals surface area contributed by atoms with Gasteiger partial charge in [-0.15, -0.1) is 0 Å². The van der Waals surface area contributed by atoms with E-state index in [1.807, 2.05) is 54.6 Å². The Bertz CT molecular complexity index is 899. The van der Waals surface area contributed by atoms with Gasteiger partial charge in [0.1, 0.15) is 11.3 Å². The van der Waals surface area contributed by atoms with Gasteiger partial charge >= 0.3 is 5.97 Å². The molecule has 1 aromatic heterocycles. The summed E-state index contributed by atoms with van der Waals surface area (Å²) in [4.78, 5) is 24.1. The van der Waals surface area contributed by atoms with E-state index >= 15 is 0 Å². The summed E-state index contributed by atoms with van der Waals surface area (Å²) in [5.41, 5.74) is 3.17. The number of aryl methyl sites for hydroxylation is 1. The van der Waals surface area contributed by atoms with Crippen molar-refractivity contribution in [1.82, 2.24) is 0 Å². The molecule has 3 rings (SSSR count). The highest BCUT2D eigenvalue weighted by molar-refractivity contribution is 5.96. The maximum Gasteiger partial charge on any atom is 0.342 e. The van der Waals surface area contributed by atoms with Gasteiger partial charge in [-0.1, -0.05) is 48.5 Å². The van der Waals surface area contributed by atoms with Crippen molar-refractivity contribution >= 4 is 17.6 Å². The van der Waals surface area contributed by atoms with Crippen LogP contribution in [0, 0.1) is 6.92 Å². The van der Waals surface area contributed by atoms with E-state index in [-0.39, 0.29) is 12.5 Å². The molecular formula is C21H19NO4. The minimum absolute atomic E-state index is 0.322. The molecule has 1 N–H and O–H groups in total. The number of hydrogen-bond donors (Lipinski definition) is 1. The highest BCUT2D eigenvalue weighted by Gasteiger charge is 2.15. The van der Waals surface area contributed by atoms with Crippen molar-refractivity contribution in [1.29, 1.82) is 0 Å². The van der Waals surface area contributed by atoms with Crippen LogP contribution in [0.1, 0.15) is 27.2 Å². The number of ether oxygens (including phenoxy) is 1. The quantitative estimate of drug-likeness (QED) is 0.684. The van der Waals surface area contributed by atoms with Crippen LogP contribution in [0.5, 0.6) is 0 Å². The molecule has 0 fully saturated rings. The van der Waals surface area contributed by atoms with Crippen molar-refractivity contribution in [3.63, 3.8) is 0 Å². The van der Waals surface area contributed by atoms with Crippen LogP contribution < -0.4 is 5.32 Å². The first-order valence-electron chi connectivity index (χ1n) is 8.26. The largest absolute Gasteiger partial charge is 0.469 e. The number of para-hydroxylation sites is 1. The predicted octanol–water partition coefficient (Wildman–Crippen LogP) is 3.97. The van der Waals surface area contributed by atoms with Crippen LogP contribution in [0.4, 0.5) is 5.69 Å². The first-order valence-corrected chi connectivity index (χ1v) is 8.26. The maximum absolute atomic E-state index is 12.2. The molecule has 3 aromatic rings. The second kappa shape index (κ2) is 8.16. The summed E-state index contributed by atoms with van der Waals surface area (Å²) < 4.78 is 10.1. The van der Waals surface area contributed by atoms with Gasteiger partial charge in [0.25, 0.3) is 5.91 Å². The lowest BCUT2D eigenvalue weighted by atomic mass is 10.0. The highest BCUT2D eigenvalue weighted by atomic mass is 16.5. The number of esters is 1. The summed E-state index contributed by atoms with van der Waals surface area (Å²) in [7, 11) is 0. The van der Waals surface area contributed by atoms with Gasteiger partial charge in [0.2, 0.25) is 0 Å². The molecular weight excluding hydrogens is 330 g/mol. The molecule has 0 unspecified atom stereocenters. The van der Waals surface area contributed by atoms with Crippen LogP contribution in [-0.4, -0.2) is 18.5 Å². The van der Waals surface area contributed by atoms with Crippen molar-refractivity contribution in [2.75, 3.05) is 11.9 Å². The lowest BCUT2D eigenvalue weighted by Gasteiger charge is -2.11. The summed E-state index contributed by atoms with van der Waals surface area (Å²) in [6.07, 6.45) is 2.11. The molecule has 0 bridgehead atoms. The fourth-order valence-corrected chi connectivity index (χ4v) is 2.60. The molecule has 0 spiro atoms. The molecule has 1 amide bonds. The van der Waals surface area contributed by atoms with Gasteiger partial charge in [0.15, 0.2) is 6.61 Å². The summed E-state index contributed by atoms with van der Waals surface area (Å²) in [5, 5.41) is 2.81. The predicted molar refractivity (Wildman–Crippen MR) is 98.0 cm³/mol. The fourth-order valence-electron chi connectivity index (χ4n) is 2.60. The van der Waals surface area contributed by atoms with Crippen LogP contribution in [0.2, 0.25) is 0 Å². The molecule has 5 nitrogen and oxygen atoms in total. The molecule has 0 aliphatic carbocycles. The van der Waals surface area contributed by atoms with E-state index < -0.39 is 5.97 Å². The number of carbonyl (C=O) groups is 2. The summed E-state index contributed by atoms with van der Waals surface area (Å²) in [5.74, 6) is -0.507. The third kappa shape index (κ3) is 4.39. The average molecular weight is 349 g/mol. The van der Waals surface area contributed by atoms with Crippen LogP contribution in [0.25, 0.3) is 0 Å². The second-order valence-electron chi connectivity index (χ2n) is 5.83. The molecule has 0 aliphatic heterocycles. The summed E-state index contributed by atoms with van der Waals surface area (Å²) in [6.45, 7) is 1.31. The van der Waals surface area contributed by atoms with Gasteiger partial charge in [-0.25, -0.2) is 4.79 Å². The van der Waals surface area contributed by atoms with E-state index in [1.54, 1.807) is 6.92 Å². The Morgan fingerprint density at radius 2 is 1.73 bits per heavy atom. The molecule has 26 heavy (non-hydrogen) atoms. The topological polar surface area (TPSA) is 68.5 Å². The number of anilines is 1. The first-order chi connectivity index (χ1) is 12.6. The van der Waals surface area contributed by atoms with Crippen molar-refractivity contribution < 1.29 is 18.7 Å². The van der Waals surface area contributed by atoms with Crippen molar-refractivity contribution in [3.8, 4) is 0 Å². The lowest BCUT2D eigenvalue weighted by Crippen LogP contribution is -2.21. The zero-order valence-corrected chi connectivity index (χ0v) is 14.4. The molecule has 0 atom stereocenters. The minimum atomic E-state index is -0.580. The maximum atomic E-state index is 12.2. The van der Waals surface area contributed by atoms with Gasteiger partial charge in [-0.3, -0.25) is 4.79 Å². The monoisotopic (exact) mass is 349 g/mol. The normalized spacial score (nSPS) is 10.3. The zero-order valence-electron chi connectivity index (χ0n) is 14.4. The number of rotatable bonds is 6. The fraction of sp³-hybridized carbons (Fsp3) is 0.143. The van der Waals surface area contributed by atoms with Gasteiger partial charge < -0.3 is 14.5 Å².